The fourth-order valence-electron chi connectivity index (χ4n) is 1.21. The smallest absolute Gasteiger partial charge is 0.129 e. The van der Waals surface area contributed by atoms with Crippen LogP contribution < -0.4 is 10.5 Å². The van der Waals surface area contributed by atoms with Gasteiger partial charge < -0.3 is 10.5 Å². The third kappa shape index (κ3) is 2.42. The number of nitrogens with two attached hydrogens (primary N) is 1. The molecule has 2 nitrogen and oxygen atoms in total. The number of hydrogen-bond donors (Lipinski definition) is 1. The maximum absolute atomic E-state index is 5.80. The molecule has 0 radical (unpaired) electrons. The quantitative estimate of drug-likeness (QED) is 0.782. The summed E-state index contributed by atoms with van der Waals surface area (Å²) in [5.41, 5.74) is 6.18. The first-order valence-electron chi connectivity index (χ1n) is 4.53. The Balaban J connectivity index is 2.22. The molecular weight excluding hydrogens is 210 g/mol. The Morgan fingerprint density at radius 1 is 0.933 bits per heavy atom. The molecule has 2 aromatic carbocycles. The van der Waals surface area contributed by atoms with Crippen LogP contribution in [0.5, 0.6) is 11.5 Å². The lowest BCUT2D eigenvalue weighted by Gasteiger charge is -2.06. The van der Waals surface area contributed by atoms with E-state index in [9.17, 15) is 0 Å². The third-order valence-electron chi connectivity index (χ3n) is 1.95. The molecule has 2 rings (SSSR count). The van der Waals surface area contributed by atoms with Gasteiger partial charge in [-0.15, -0.1) is 0 Å². The first kappa shape index (κ1) is 9.87. The Kier molecular flexibility index (Phi) is 2.79. The lowest BCUT2D eigenvalue weighted by Crippen LogP contribution is -1.88. The Hall–Kier alpha value is -1.67. The molecule has 0 saturated heterocycles. The maximum Gasteiger partial charge on any atom is 0.129 e. The van der Waals surface area contributed by atoms with Crippen LogP contribution in [0.2, 0.25) is 5.02 Å². The molecular formula is C12H10ClNO. The Labute approximate surface area is 93.2 Å². The minimum Gasteiger partial charge on any atom is -0.457 e. The molecule has 15 heavy (non-hydrogen) atoms. The number of ether oxygens (including phenoxy) is 1. The Morgan fingerprint density at radius 2 is 1.67 bits per heavy atom. The molecule has 0 atom stereocenters. The van der Waals surface area contributed by atoms with E-state index in [1.54, 1.807) is 18.2 Å². The minimum atomic E-state index is 0.519. The summed E-state index contributed by atoms with van der Waals surface area (Å²) in [6.45, 7) is 0. The highest BCUT2D eigenvalue weighted by Crippen LogP contribution is 2.27. The van der Waals surface area contributed by atoms with Crippen LogP contribution >= 0.6 is 11.6 Å². The first-order chi connectivity index (χ1) is 7.25. The standard InChI is InChI=1S/C12H10ClNO/c13-11-7-6-10(8-12(11)14)15-9-4-2-1-3-5-9/h1-8H,14H2. The van der Waals surface area contributed by atoms with Crippen molar-refractivity contribution in [1.29, 1.82) is 0 Å². The highest BCUT2D eigenvalue weighted by Gasteiger charge is 2.00. The van der Waals surface area contributed by atoms with Gasteiger partial charge in [0.2, 0.25) is 0 Å². The van der Waals surface area contributed by atoms with Crippen molar-refractivity contribution in [2.45, 2.75) is 0 Å². The fourth-order valence-corrected chi connectivity index (χ4v) is 1.33. The van der Waals surface area contributed by atoms with Gasteiger partial charge in [0.1, 0.15) is 11.5 Å². The van der Waals surface area contributed by atoms with E-state index in [1.165, 1.54) is 0 Å². The summed E-state index contributed by atoms with van der Waals surface area (Å²) in [4.78, 5) is 0. The number of anilines is 1. The second kappa shape index (κ2) is 4.24. The summed E-state index contributed by atoms with van der Waals surface area (Å²) in [5, 5.41) is 0.537. The van der Waals surface area contributed by atoms with Crippen molar-refractivity contribution in [2.75, 3.05) is 5.73 Å². The summed E-state index contributed by atoms with van der Waals surface area (Å²) < 4.78 is 5.58. The van der Waals surface area contributed by atoms with Crippen molar-refractivity contribution in [3.05, 3.63) is 53.6 Å². The molecule has 0 aliphatic rings. The van der Waals surface area contributed by atoms with Crippen LogP contribution in [-0.4, -0.2) is 0 Å². The normalized spacial score (nSPS) is 9.93. The topological polar surface area (TPSA) is 35.2 Å². The second-order valence-corrected chi connectivity index (χ2v) is 3.51. The molecule has 0 aliphatic carbocycles. The second-order valence-electron chi connectivity index (χ2n) is 3.10. The summed E-state index contributed by atoms with van der Waals surface area (Å²) in [7, 11) is 0. The van der Waals surface area contributed by atoms with Crippen LogP contribution in [0.25, 0.3) is 0 Å². The van der Waals surface area contributed by atoms with Crippen molar-refractivity contribution in [3.8, 4) is 11.5 Å². The van der Waals surface area contributed by atoms with Crippen LogP contribution in [-0.2, 0) is 0 Å². The number of nitrogen functional groups attached to an aromatic ring is 1. The van der Waals surface area contributed by atoms with E-state index >= 15 is 0 Å². The zero-order valence-corrected chi connectivity index (χ0v) is 8.74. The van der Waals surface area contributed by atoms with Gasteiger partial charge in [0.05, 0.1) is 10.7 Å². The number of halogens is 1. The Morgan fingerprint density at radius 3 is 2.33 bits per heavy atom. The number of benzene rings is 2. The van der Waals surface area contributed by atoms with Gasteiger partial charge in [0.15, 0.2) is 0 Å². The lowest BCUT2D eigenvalue weighted by molar-refractivity contribution is 0.483. The van der Waals surface area contributed by atoms with Gasteiger partial charge in [-0.2, -0.15) is 0 Å². The van der Waals surface area contributed by atoms with Crippen LogP contribution in [0.4, 0.5) is 5.69 Å². The molecule has 0 aromatic heterocycles. The largest absolute Gasteiger partial charge is 0.457 e. The summed E-state index contributed by atoms with van der Waals surface area (Å²) in [6, 6.07) is 14.7. The van der Waals surface area contributed by atoms with Crippen LogP contribution in [0.1, 0.15) is 0 Å². The van der Waals surface area contributed by atoms with Crippen molar-refractivity contribution in [2.24, 2.45) is 0 Å². The van der Waals surface area contributed by atoms with E-state index in [1.807, 2.05) is 30.3 Å². The van der Waals surface area contributed by atoms with Gasteiger partial charge in [0, 0.05) is 6.07 Å². The molecule has 0 amide bonds. The van der Waals surface area contributed by atoms with E-state index in [0.29, 0.717) is 16.5 Å². The summed E-state index contributed by atoms with van der Waals surface area (Å²) in [5.74, 6) is 1.46. The predicted octanol–water partition coefficient (Wildman–Crippen LogP) is 3.71. The highest BCUT2D eigenvalue weighted by atomic mass is 35.5. The molecule has 0 unspecified atom stereocenters. The van der Waals surface area contributed by atoms with E-state index in [4.69, 9.17) is 22.1 Å². The number of para-hydroxylation sites is 1. The zero-order chi connectivity index (χ0) is 10.7. The van der Waals surface area contributed by atoms with Gasteiger partial charge in [-0.1, -0.05) is 29.8 Å². The SMILES string of the molecule is Nc1cc(Oc2ccccc2)ccc1Cl. The Bertz CT molecular complexity index is 456. The molecule has 0 saturated carbocycles. The van der Waals surface area contributed by atoms with E-state index in [0.717, 1.165) is 5.75 Å². The van der Waals surface area contributed by atoms with Gasteiger partial charge in [-0.3, -0.25) is 0 Å². The van der Waals surface area contributed by atoms with Crippen molar-refractivity contribution in [1.82, 2.24) is 0 Å². The van der Waals surface area contributed by atoms with Crippen molar-refractivity contribution in [3.63, 3.8) is 0 Å². The minimum absolute atomic E-state index is 0.519. The third-order valence-corrected chi connectivity index (χ3v) is 2.29. The molecule has 3 heteroatoms. The first-order valence-corrected chi connectivity index (χ1v) is 4.91. The van der Waals surface area contributed by atoms with Gasteiger partial charge in [-0.25, -0.2) is 0 Å². The summed E-state index contributed by atoms with van der Waals surface area (Å²) >= 11 is 5.80. The van der Waals surface area contributed by atoms with Gasteiger partial charge >= 0.3 is 0 Å². The highest BCUT2D eigenvalue weighted by molar-refractivity contribution is 6.33. The molecule has 0 fully saturated rings. The average Bonchev–Trinajstić information content (AvgIpc) is 2.25. The van der Waals surface area contributed by atoms with Crippen LogP contribution in [0, 0.1) is 0 Å². The molecule has 76 valence electrons. The molecule has 0 spiro atoms. The van der Waals surface area contributed by atoms with Crippen molar-refractivity contribution >= 4 is 17.3 Å². The zero-order valence-electron chi connectivity index (χ0n) is 7.98. The van der Waals surface area contributed by atoms with Gasteiger partial charge in [0.25, 0.3) is 0 Å². The maximum atomic E-state index is 5.80. The van der Waals surface area contributed by atoms with E-state index in [-0.39, 0.29) is 0 Å². The van der Waals surface area contributed by atoms with Crippen LogP contribution in [0.3, 0.4) is 0 Å². The van der Waals surface area contributed by atoms with Gasteiger partial charge in [-0.05, 0) is 24.3 Å². The van der Waals surface area contributed by atoms with Crippen molar-refractivity contribution < 1.29 is 4.74 Å². The molecule has 2 N–H and O–H groups in total. The molecule has 0 heterocycles. The van der Waals surface area contributed by atoms with E-state index in [2.05, 4.69) is 0 Å². The predicted molar refractivity (Wildman–Crippen MR) is 62.4 cm³/mol. The fraction of sp³-hybridized carbons (Fsp3) is 0. The van der Waals surface area contributed by atoms with Crippen LogP contribution in [0.15, 0.2) is 48.5 Å². The number of rotatable bonds is 2. The lowest BCUT2D eigenvalue weighted by atomic mass is 10.3. The number of hydrogen-bond acceptors (Lipinski definition) is 2. The van der Waals surface area contributed by atoms with E-state index < -0.39 is 0 Å². The average molecular weight is 220 g/mol. The molecule has 0 bridgehead atoms. The monoisotopic (exact) mass is 219 g/mol. The molecule has 0 aliphatic heterocycles. The summed E-state index contributed by atoms with van der Waals surface area (Å²) in [6.07, 6.45) is 0. The molecule has 2 aromatic rings.